The second kappa shape index (κ2) is 5.86. The maximum atomic E-state index is 6.19. The molecule has 15 heavy (non-hydrogen) atoms. The third-order valence-electron chi connectivity index (χ3n) is 3.14. The van der Waals surface area contributed by atoms with E-state index < -0.39 is 0 Å². The molecule has 1 aromatic rings. The van der Waals surface area contributed by atoms with Gasteiger partial charge in [-0.25, -0.2) is 0 Å². The van der Waals surface area contributed by atoms with Gasteiger partial charge in [-0.15, -0.1) is 0 Å². The molecule has 0 saturated heterocycles. The van der Waals surface area contributed by atoms with Crippen molar-refractivity contribution in [3.05, 3.63) is 29.6 Å². The lowest BCUT2D eigenvalue weighted by Gasteiger charge is -2.19. The summed E-state index contributed by atoms with van der Waals surface area (Å²) in [6, 6.07) is 4.13. The number of nitrogens with zero attached hydrogens (tertiary/aromatic N) is 1. The first-order chi connectivity index (χ1) is 7.19. The van der Waals surface area contributed by atoms with Crippen LogP contribution in [-0.4, -0.2) is 4.98 Å². The Bertz CT molecular complexity index is 292. The van der Waals surface area contributed by atoms with E-state index in [4.69, 9.17) is 5.73 Å². The molecule has 1 rings (SSSR count). The molecule has 0 radical (unpaired) electrons. The van der Waals surface area contributed by atoms with Gasteiger partial charge >= 0.3 is 0 Å². The number of pyridine rings is 1. The van der Waals surface area contributed by atoms with Gasteiger partial charge in [0.2, 0.25) is 0 Å². The van der Waals surface area contributed by atoms with Crippen LogP contribution in [0.25, 0.3) is 0 Å². The van der Waals surface area contributed by atoms with Crippen molar-refractivity contribution in [1.82, 2.24) is 4.98 Å². The van der Waals surface area contributed by atoms with Gasteiger partial charge in [-0.05, 0) is 30.9 Å². The van der Waals surface area contributed by atoms with E-state index >= 15 is 0 Å². The third kappa shape index (κ3) is 3.31. The zero-order valence-corrected chi connectivity index (χ0v) is 10.0. The Balaban J connectivity index is 2.68. The van der Waals surface area contributed by atoms with Crippen LogP contribution >= 0.6 is 0 Å². The highest BCUT2D eigenvalue weighted by Gasteiger charge is 2.14. The zero-order chi connectivity index (χ0) is 11.3. The van der Waals surface area contributed by atoms with Crippen molar-refractivity contribution in [2.24, 2.45) is 11.7 Å². The minimum Gasteiger partial charge on any atom is -0.323 e. The highest BCUT2D eigenvalue weighted by molar-refractivity contribution is 5.20. The minimum atomic E-state index is 0.0936. The van der Waals surface area contributed by atoms with Crippen molar-refractivity contribution >= 4 is 0 Å². The van der Waals surface area contributed by atoms with E-state index in [0.717, 1.165) is 18.0 Å². The quantitative estimate of drug-likeness (QED) is 0.803. The van der Waals surface area contributed by atoms with Crippen molar-refractivity contribution in [1.29, 1.82) is 0 Å². The van der Waals surface area contributed by atoms with Crippen LogP contribution in [0.4, 0.5) is 0 Å². The fraction of sp³-hybridized carbons (Fsp3) is 0.615. The average molecular weight is 206 g/mol. The van der Waals surface area contributed by atoms with E-state index in [9.17, 15) is 0 Å². The highest BCUT2D eigenvalue weighted by atomic mass is 14.8. The molecule has 84 valence electrons. The average Bonchev–Trinajstić information content (AvgIpc) is 2.26. The summed E-state index contributed by atoms with van der Waals surface area (Å²) in [5.41, 5.74) is 8.45. The second-order valence-electron chi connectivity index (χ2n) is 4.23. The molecule has 0 spiro atoms. The third-order valence-corrected chi connectivity index (χ3v) is 3.14. The molecular weight excluding hydrogens is 184 g/mol. The molecule has 0 bridgehead atoms. The number of aromatic nitrogens is 1. The monoisotopic (exact) mass is 206 g/mol. The van der Waals surface area contributed by atoms with Gasteiger partial charge < -0.3 is 5.73 Å². The van der Waals surface area contributed by atoms with Crippen molar-refractivity contribution in [2.75, 3.05) is 0 Å². The molecule has 0 saturated carbocycles. The largest absolute Gasteiger partial charge is 0.323 e. The van der Waals surface area contributed by atoms with Gasteiger partial charge in [-0.3, -0.25) is 4.98 Å². The first-order valence-electron chi connectivity index (χ1n) is 5.86. The van der Waals surface area contributed by atoms with Crippen LogP contribution in [0.3, 0.4) is 0 Å². The van der Waals surface area contributed by atoms with Gasteiger partial charge in [0.15, 0.2) is 0 Å². The molecule has 2 N–H and O–H groups in total. The van der Waals surface area contributed by atoms with Crippen molar-refractivity contribution in [3.8, 4) is 0 Å². The van der Waals surface area contributed by atoms with E-state index in [2.05, 4.69) is 31.8 Å². The summed E-state index contributed by atoms with van der Waals surface area (Å²) in [7, 11) is 0. The Morgan fingerprint density at radius 1 is 1.33 bits per heavy atom. The molecule has 1 atom stereocenters. The molecule has 2 heteroatoms. The first-order valence-corrected chi connectivity index (χ1v) is 5.86. The van der Waals surface area contributed by atoms with Crippen molar-refractivity contribution in [2.45, 2.75) is 46.1 Å². The lowest BCUT2D eigenvalue weighted by atomic mass is 9.92. The SMILES string of the molecule is CCC(CC)CC(N)c1ncccc1C. The molecule has 1 heterocycles. The van der Waals surface area contributed by atoms with E-state index in [1.807, 2.05) is 12.3 Å². The molecule has 0 amide bonds. The fourth-order valence-electron chi connectivity index (χ4n) is 1.98. The van der Waals surface area contributed by atoms with Crippen LogP contribution in [0, 0.1) is 12.8 Å². The number of nitrogens with two attached hydrogens (primary N) is 1. The predicted molar refractivity (Wildman–Crippen MR) is 64.6 cm³/mol. The number of rotatable bonds is 5. The Morgan fingerprint density at radius 2 is 2.00 bits per heavy atom. The Hall–Kier alpha value is -0.890. The Morgan fingerprint density at radius 3 is 2.53 bits per heavy atom. The standard InChI is InChI=1S/C13H22N2/c1-4-11(5-2)9-12(14)13-10(3)7-6-8-15-13/h6-8,11-12H,4-5,9,14H2,1-3H3. The summed E-state index contributed by atoms with van der Waals surface area (Å²) >= 11 is 0. The lowest BCUT2D eigenvalue weighted by Crippen LogP contribution is -2.17. The highest BCUT2D eigenvalue weighted by Crippen LogP contribution is 2.23. The van der Waals surface area contributed by atoms with Crippen molar-refractivity contribution < 1.29 is 0 Å². The van der Waals surface area contributed by atoms with E-state index in [1.54, 1.807) is 0 Å². The molecule has 0 aliphatic rings. The lowest BCUT2D eigenvalue weighted by molar-refractivity contribution is 0.410. The topological polar surface area (TPSA) is 38.9 Å². The number of hydrogen-bond acceptors (Lipinski definition) is 2. The smallest absolute Gasteiger partial charge is 0.0600 e. The normalized spacial score (nSPS) is 13.1. The van der Waals surface area contributed by atoms with Crippen molar-refractivity contribution in [3.63, 3.8) is 0 Å². The van der Waals surface area contributed by atoms with Gasteiger partial charge in [0, 0.05) is 12.2 Å². The summed E-state index contributed by atoms with van der Waals surface area (Å²) in [4.78, 5) is 4.37. The maximum absolute atomic E-state index is 6.19. The number of hydrogen-bond donors (Lipinski definition) is 1. The second-order valence-corrected chi connectivity index (χ2v) is 4.23. The van der Waals surface area contributed by atoms with Crippen LogP contribution < -0.4 is 5.73 Å². The molecule has 0 aliphatic carbocycles. The maximum Gasteiger partial charge on any atom is 0.0600 e. The van der Waals surface area contributed by atoms with Gasteiger partial charge in [0.25, 0.3) is 0 Å². The number of aryl methyl sites for hydroxylation is 1. The summed E-state index contributed by atoms with van der Waals surface area (Å²) in [6.07, 6.45) is 5.28. The van der Waals surface area contributed by atoms with Gasteiger partial charge in [-0.1, -0.05) is 32.8 Å². The fourth-order valence-corrected chi connectivity index (χ4v) is 1.98. The van der Waals surface area contributed by atoms with Gasteiger partial charge in [0.05, 0.1) is 5.69 Å². The molecule has 0 aliphatic heterocycles. The zero-order valence-electron chi connectivity index (χ0n) is 10.0. The molecule has 1 aromatic heterocycles. The van der Waals surface area contributed by atoms with Crippen LogP contribution in [0.5, 0.6) is 0 Å². The van der Waals surface area contributed by atoms with Crippen LogP contribution in [0.15, 0.2) is 18.3 Å². The molecule has 0 fully saturated rings. The molecule has 1 unspecified atom stereocenters. The predicted octanol–water partition coefficient (Wildman–Crippen LogP) is 3.22. The van der Waals surface area contributed by atoms with E-state index in [1.165, 1.54) is 18.4 Å². The Kier molecular flexibility index (Phi) is 4.76. The van der Waals surface area contributed by atoms with E-state index in [-0.39, 0.29) is 6.04 Å². The Labute approximate surface area is 92.9 Å². The van der Waals surface area contributed by atoms with Gasteiger partial charge in [-0.2, -0.15) is 0 Å². The van der Waals surface area contributed by atoms with Crippen LogP contribution in [0.1, 0.15) is 50.4 Å². The van der Waals surface area contributed by atoms with Crippen LogP contribution in [0.2, 0.25) is 0 Å². The van der Waals surface area contributed by atoms with Gasteiger partial charge in [0.1, 0.15) is 0 Å². The summed E-state index contributed by atoms with van der Waals surface area (Å²) in [6.45, 7) is 6.54. The summed E-state index contributed by atoms with van der Waals surface area (Å²) in [5.74, 6) is 0.724. The molecular formula is C13H22N2. The molecule has 0 aromatic carbocycles. The summed E-state index contributed by atoms with van der Waals surface area (Å²) in [5, 5.41) is 0. The first kappa shape index (κ1) is 12.2. The van der Waals surface area contributed by atoms with E-state index in [0.29, 0.717) is 0 Å². The summed E-state index contributed by atoms with van der Waals surface area (Å²) < 4.78 is 0. The van der Waals surface area contributed by atoms with Crippen LogP contribution in [-0.2, 0) is 0 Å². The molecule has 2 nitrogen and oxygen atoms in total. The minimum absolute atomic E-state index is 0.0936.